The Labute approximate surface area is 139 Å². The van der Waals surface area contributed by atoms with E-state index in [0.717, 1.165) is 5.52 Å². The second-order valence-electron chi connectivity index (χ2n) is 5.72. The van der Waals surface area contributed by atoms with Crippen LogP contribution >= 0.6 is 0 Å². The van der Waals surface area contributed by atoms with Gasteiger partial charge in [-0.15, -0.1) is 0 Å². The van der Waals surface area contributed by atoms with Crippen LogP contribution in [0.2, 0.25) is 0 Å². The Bertz CT molecular complexity index is 872. The summed E-state index contributed by atoms with van der Waals surface area (Å²) in [5.74, 6) is 1.14. The van der Waals surface area contributed by atoms with Gasteiger partial charge in [0.05, 0.1) is 0 Å². The summed E-state index contributed by atoms with van der Waals surface area (Å²) in [6, 6.07) is 17.6. The second-order valence-corrected chi connectivity index (χ2v) is 5.72. The van der Waals surface area contributed by atoms with Crippen LogP contribution < -0.4 is 14.8 Å². The number of aromatic nitrogens is 1. The molecule has 1 aromatic heterocycles. The number of fused-ring (bicyclic) bond motifs is 2. The lowest BCUT2D eigenvalue weighted by Gasteiger charge is -2.25. The zero-order chi connectivity index (χ0) is 16.4. The van der Waals surface area contributed by atoms with Gasteiger partial charge in [0, 0.05) is 24.8 Å². The highest BCUT2D eigenvalue weighted by atomic mass is 16.6. The lowest BCUT2D eigenvalue weighted by molar-refractivity contribution is -0.130. The van der Waals surface area contributed by atoms with Crippen molar-refractivity contribution in [2.45, 2.75) is 12.6 Å². The first-order valence-electron chi connectivity index (χ1n) is 8.01. The minimum Gasteiger partial charge on any atom is -0.485 e. The number of amides is 1. The van der Waals surface area contributed by atoms with Gasteiger partial charge in [-0.2, -0.15) is 0 Å². The lowest BCUT2D eigenvalue weighted by atomic mass is 10.2. The molecule has 1 N–H and O–H groups in total. The summed E-state index contributed by atoms with van der Waals surface area (Å²) in [5.41, 5.74) is 1.16. The monoisotopic (exact) mass is 322 g/mol. The predicted molar refractivity (Wildman–Crippen MR) is 91.3 cm³/mol. The summed E-state index contributed by atoms with van der Waals surface area (Å²) in [5, 5.41) is 4.12. The van der Waals surface area contributed by atoms with Crippen LogP contribution in [-0.2, 0) is 11.3 Å². The third-order valence-electron chi connectivity index (χ3n) is 4.13. The molecule has 5 nitrogen and oxygen atoms in total. The van der Waals surface area contributed by atoms with Gasteiger partial charge in [0.15, 0.2) is 11.5 Å². The van der Waals surface area contributed by atoms with Crippen molar-refractivity contribution in [2.75, 3.05) is 13.2 Å². The minimum atomic E-state index is -0.610. The predicted octanol–water partition coefficient (Wildman–Crippen LogP) is 2.60. The number of hydrogen-bond acceptors (Lipinski definition) is 3. The number of hydrogen-bond donors (Lipinski definition) is 1. The second kappa shape index (κ2) is 6.28. The van der Waals surface area contributed by atoms with Crippen LogP contribution in [0.5, 0.6) is 11.5 Å². The molecule has 1 atom stereocenters. The molecule has 24 heavy (non-hydrogen) atoms. The Balaban J connectivity index is 1.34. The highest BCUT2D eigenvalue weighted by Gasteiger charge is 2.26. The van der Waals surface area contributed by atoms with Gasteiger partial charge in [-0.05, 0) is 29.7 Å². The van der Waals surface area contributed by atoms with E-state index in [9.17, 15) is 4.79 Å². The van der Waals surface area contributed by atoms with E-state index in [4.69, 9.17) is 9.47 Å². The van der Waals surface area contributed by atoms with Crippen LogP contribution in [0.3, 0.4) is 0 Å². The topological polar surface area (TPSA) is 52.5 Å². The third-order valence-corrected chi connectivity index (χ3v) is 4.13. The number of nitrogens with one attached hydrogen (secondary N) is 1. The van der Waals surface area contributed by atoms with Gasteiger partial charge in [-0.3, -0.25) is 4.79 Å². The van der Waals surface area contributed by atoms with Crippen molar-refractivity contribution in [3.05, 3.63) is 60.8 Å². The maximum absolute atomic E-state index is 12.3. The first-order valence-corrected chi connectivity index (χ1v) is 8.01. The summed E-state index contributed by atoms with van der Waals surface area (Å²) >= 11 is 0. The van der Waals surface area contributed by atoms with Crippen molar-refractivity contribution < 1.29 is 14.3 Å². The Morgan fingerprint density at radius 1 is 1.08 bits per heavy atom. The molecule has 5 heteroatoms. The normalized spacial score (nSPS) is 16.1. The molecular weight excluding hydrogens is 304 g/mol. The van der Waals surface area contributed by atoms with E-state index in [1.807, 2.05) is 36.5 Å². The van der Waals surface area contributed by atoms with Gasteiger partial charge in [0.2, 0.25) is 6.10 Å². The van der Waals surface area contributed by atoms with Gasteiger partial charge in [0.25, 0.3) is 5.91 Å². The zero-order valence-electron chi connectivity index (χ0n) is 13.1. The molecule has 0 saturated carbocycles. The van der Waals surface area contributed by atoms with Crippen LogP contribution in [0.4, 0.5) is 0 Å². The number of ether oxygens (including phenoxy) is 2. The number of para-hydroxylation sites is 3. The lowest BCUT2D eigenvalue weighted by Crippen LogP contribution is -2.44. The van der Waals surface area contributed by atoms with E-state index in [0.29, 0.717) is 24.6 Å². The highest BCUT2D eigenvalue weighted by molar-refractivity contribution is 5.82. The molecule has 0 spiro atoms. The van der Waals surface area contributed by atoms with Crippen molar-refractivity contribution in [1.82, 2.24) is 9.88 Å². The molecule has 1 aliphatic heterocycles. The van der Waals surface area contributed by atoms with Gasteiger partial charge >= 0.3 is 0 Å². The molecule has 3 aromatic rings. The summed E-state index contributed by atoms with van der Waals surface area (Å²) in [6.07, 6.45) is 1.43. The number of carbonyl (C=O) groups excluding carboxylic acids is 1. The van der Waals surface area contributed by atoms with Crippen LogP contribution in [0.15, 0.2) is 60.8 Å². The molecule has 2 aromatic carbocycles. The standard InChI is InChI=1S/C19H18N2O3/c22-19(18-13-23-16-7-3-4-8-17(16)24-18)20-10-12-21-11-9-14-5-1-2-6-15(14)21/h1-9,11,18H,10,12-13H2,(H,20,22). The zero-order valence-corrected chi connectivity index (χ0v) is 13.1. The summed E-state index contributed by atoms with van der Waals surface area (Å²) in [4.78, 5) is 12.3. The van der Waals surface area contributed by atoms with Crippen molar-refractivity contribution in [3.63, 3.8) is 0 Å². The van der Waals surface area contributed by atoms with Gasteiger partial charge in [-0.25, -0.2) is 0 Å². The summed E-state index contributed by atoms with van der Waals surface area (Å²) in [7, 11) is 0. The average Bonchev–Trinajstić information content (AvgIpc) is 3.04. The van der Waals surface area contributed by atoms with E-state index < -0.39 is 6.10 Å². The first-order chi connectivity index (χ1) is 11.8. The third kappa shape index (κ3) is 2.80. The Morgan fingerprint density at radius 3 is 2.79 bits per heavy atom. The molecule has 1 aliphatic rings. The van der Waals surface area contributed by atoms with E-state index in [2.05, 4.69) is 28.1 Å². The molecule has 1 amide bonds. The maximum Gasteiger partial charge on any atom is 0.264 e. The number of nitrogens with zero attached hydrogens (tertiary/aromatic N) is 1. The van der Waals surface area contributed by atoms with E-state index >= 15 is 0 Å². The Morgan fingerprint density at radius 2 is 1.88 bits per heavy atom. The average molecular weight is 322 g/mol. The summed E-state index contributed by atoms with van der Waals surface area (Å²) < 4.78 is 13.4. The molecule has 0 aliphatic carbocycles. The SMILES string of the molecule is O=C(NCCn1ccc2ccccc21)C1COc2ccccc2O1. The van der Waals surface area contributed by atoms with Gasteiger partial charge in [-0.1, -0.05) is 30.3 Å². The largest absolute Gasteiger partial charge is 0.485 e. The van der Waals surface area contributed by atoms with Gasteiger partial charge in [0.1, 0.15) is 6.61 Å². The van der Waals surface area contributed by atoms with E-state index in [1.165, 1.54) is 5.39 Å². The summed E-state index contributed by atoms with van der Waals surface area (Å²) in [6.45, 7) is 1.48. The van der Waals surface area contributed by atoms with Crippen LogP contribution in [-0.4, -0.2) is 29.7 Å². The molecule has 0 saturated heterocycles. The smallest absolute Gasteiger partial charge is 0.264 e. The number of carbonyl (C=O) groups is 1. The molecule has 0 radical (unpaired) electrons. The first kappa shape index (κ1) is 14.6. The van der Waals surface area contributed by atoms with Gasteiger partial charge < -0.3 is 19.4 Å². The fraction of sp³-hybridized carbons (Fsp3) is 0.211. The molecule has 0 bridgehead atoms. The minimum absolute atomic E-state index is 0.152. The van der Waals surface area contributed by atoms with Crippen LogP contribution in [0.1, 0.15) is 0 Å². The van der Waals surface area contributed by atoms with E-state index in [1.54, 1.807) is 6.07 Å². The Hall–Kier alpha value is -2.95. The molecule has 122 valence electrons. The number of benzene rings is 2. The molecule has 4 rings (SSSR count). The molecular formula is C19H18N2O3. The fourth-order valence-electron chi connectivity index (χ4n) is 2.90. The highest BCUT2D eigenvalue weighted by Crippen LogP contribution is 2.30. The molecule has 2 heterocycles. The van der Waals surface area contributed by atoms with Crippen LogP contribution in [0, 0.1) is 0 Å². The fourth-order valence-corrected chi connectivity index (χ4v) is 2.90. The maximum atomic E-state index is 12.3. The number of rotatable bonds is 4. The van der Waals surface area contributed by atoms with E-state index in [-0.39, 0.29) is 12.5 Å². The van der Waals surface area contributed by atoms with Crippen molar-refractivity contribution in [1.29, 1.82) is 0 Å². The molecule has 1 unspecified atom stereocenters. The Kier molecular flexibility index (Phi) is 3.83. The molecule has 0 fully saturated rings. The van der Waals surface area contributed by atoms with Crippen molar-refractivity contribution >= 4 is 16.8 Å². The quantitative estimate of drug-likeness (QED) is 0.803. The van der Waals surface area contributed by atoms with Crippen molar-refractivity contribution in [2.24, 2.45) is 0 Å². The van der Waals surface area contributed by atoms with Crippen molar-refractivity contribution in [3.8, 4) is 11.5 Å². The van der Waals surface area contributed by atoms with Crippen LogP contribution in [0.25, 0.3) is 10.9 Å².